The molecule has 1 saturated heterocycles. The highest BCUT2D eigenvalue weighted by atomic mass is 32.1. The van der Waals surface area contributed by atoms with Crippen LogP contribution in [-0.4, -0.2) is 70.3 Å². The molecular weight excluding hydrogens is 570 g/mol. The van der Waals surface area contributed by atoms with E-state index >= 15 is 0 Å². The van der Waals surface area contributed by atoms with Crippen molar-refractivity contribution in [1.82, 2.24) is 19.7 Å². The maximum atomic E-state index is 14.3. The number of carbonyl (C=O) groups is 3. The minimum absolute atomic E-state index is 0.0348. The Labute approximate surface area is 263 Å². The van der Waals surface area contributed by atoms with E-state index < -0.39 is 5.54 Å². The molecule has 8 nitrogen and oxygen atoms in total. The Bertz CT molecular complexity index is 1500. The summed E-state index contributed by atoms with van der Waals surface area (Å²) < 4.78 is 0. The molecular formula is C35H39N5O3S. The lowest BCUT2D eigenvalue weighted by atomic mass is 9.79. The molecule has 9 heteroatoms. The van der Waals surface area contributed by atoms with E-state index in [0.29, 0.717) is 57.1 Å². The summed E-state index contributed by atoms with van der Waals surface area (Å²) in [5.41, 5.74) is 3.02. The van der Waals surface area contributed by atoms with Gasteiger partial charge in [0.1, 0.15) is 0 Å². The molecule has 5 rings (SSSR count). The Hall–Kier alpha value is -4.50. The number of rotatable bonds is 10. The molecule has 2 heterocycles. The number of benzene rings is 3. The van der Waals surface area contributed by atoms with E-state index in [1.807, 2.05) is 81.9 Å². The first kappa shape index (κ1) is 30.9. The zero-order chi connectivity index (χ0) is 30.9. The second-order valence-corrected chi connectivity index (χ2v) is 11.8. The monoisotopic (exact) mass is 609 g/mol. The molecule has 0 atom stereocenters. The molecule has 0 aliphatic carbocycles. The normalized spacial score (nSPS) is 13.4. The van der Waals surface area contributed by atoms with Gasteiger partial charge in [0.25, 0.3) is 0 Å². The number of piperazine rings is 1. The molecule has 1 N–H and O–H groups in total. The van der Waals surface area contributed by atoms with Gasteiger partial charge in [0.15, 0.2) is 5.13 Å². The minimum atomic E-state index is -0.776. The van der Waals surface area contributed by atoms with Crippen LogP contribution in [0.3, 0.4) is 0 Å². The topological polar surface area (TPSA) is 85.9 Å². The van der Waals surface area contributed by atoms with Gasteiger partial charge >= 0.3 is 6.03 Å². The molecule has 44 heavy (non-hydrogen) atoms. The summed E-state index contributed by atoms with van der Waals surface area (Å²) in [4.78, 5) is 49.5. The Morgan fingerprint density at radius 2 is 1.39 bits per heavy atom. The van der Waals surface area contributed by atoms with Crippen molar-refractivity contribution < 1.29 is 14.4 Å². The first-order valence-electron chi connectivity index (χ1n) is 15.2. The van der Waals surface area contributed by atoms with Crippen molar-refractivity contribution in [2.45, 2.75) is 38.6 Å². The van der Waals surface area contributed by atoms with Gasteiger partial charge in [-0.15, -0.1) is 11.3 Å². The van der Waals surface area contributed by atoms with Gasteiger partial charge in [-0.25, -0.2) is 9.78 Å². The van der Waals surface area contributed by atoms with Crippen molar-refractivity contribution in [2.75, 3.05) is 38.0 Å². The number of urea groups is 1. The maximum Gasteiger partial charge on any atom is 0.324 e. The molecule has 228 valence electrons. The van der Waals surface area contributed by atoms with Gasteiger partial charge in [0.05, 0.1) is 11.2 Å². The molecule has 0 bridgehead atoms. The molecule has 4 aromatic rings. The fourth-order valence-electron chi connectivity index (χ4n) is 6.02. The molecule has 0 spiro atoms. The molecule has 3 aromatic carbocycles. The lowest BCUT2D eigenvalue weighted by molar-refractivity contribution is -0.138. The summed E-state index contributed by atoms with van der Waals surface area (Å²) in [6.07, 6.45) is 1.43. The first-order valence-corrected chi connectivity index (χ1v) is 16.0. The molecule has 4 amide bonds. The number of anilines is 1. The van der Waals surface area contributed by atoms with Crippen LogP contribution in [0, 0.1) is 0 Å². The molecule has 1 aliphatic rings. The van der Waals surface area contributed by atoms with Crippen LogP contribution in [-0.2, 0) is 15.1 Å². The van der Waals surface area contributed by atoms with Crippen LogP contribution >= 0.6 is 11.3 Å². The van der Waals surface area contributed by atoms with Crippen molar-refractivity contribution in [3.05, 3.63) is 108 Å². The van der Waals surface area contributed by atoms with Gasteiger partial charge in [-0.05, 0) is 24.0 Å². The van der Waals surface area contributed by atoms with Crippen LogP contribution < -0.4 is 5.32 Å². The lowest BCUT2D eigenvalue weighted by Crippen LogP contribution is -2.52. The SMILES string of the molecule is CCC(c1ccccc1)(c1ccccc1)N(CCCC(=O)N1CCN(C(C)=O)CC1)C(=O)Nc1nc(-c2ccccc2)cs1. The van der Waals surface area contributed by atoms with Crippen molar-refractivity contribution >= 4 is 34.3 Å². The number of aromatic nitrogens is 1. The highest BCUT2D eigenvalue weighted by Gasteiger charge is 2.41. The number of carbonyl (C=O) groups excluding carboxylic acids is 3. The van der Waals surface area contributed by atoms with Crippen LogP contribution in [0.25, 0.3) is 11.3 Å². The Kier molecular flexibility index (Phi) is 10.1. The second kappa shape index (κ2) is 14.3. The van der Waals surface area contributed by atoms with Gasteiger partial charge in [-0.1, -0.05) is 97.9 Å². The first-order chi connectivity index (χ1) is 21.4. The van der Waals surface area contributed by atoms with E-state index in [2.05, 4.69) is 36.5 Å². The lowest BCUT2D eigenvalue weighted by Gasteiger charge is -2.44. The number of amides is 4. The summed E-state index contributed by atoms with van der Waals surface area (Å²) >= 11 is 1.39. The largest absolute Gasteiger partial charge is 0.339 e. The Morgan fingerprint density at radius 3 is 1.93 bits per heavy atom. The smallest absolute Gasteiger partial charge is 0.324 e. The summed E-state index contributed by atoms with van der Waals surface area (Å²) in [6.45, 7) is 6.18. The van der Waals surface area contributed by atoms with Crippen LogP contribution in [0.1, 0.15) is 44.2 Å². The molecule has 1 fully saturated rings. The van der Waals surface area contributed by atoms with E-state index in [9.17, 15) is 14.4 Å². The fraction of sp³-hybridized carbons (Fsp3) is 0.314. The third-order valence-corrected chi connectivity index (χ3v) is 9.12. The highest BCUT2D eigenvalue weighted by Crippen LogP contribution is 2.40. The predicted molar refractivity (Wildman–Crippen MR) is 175 cm³/mol. The van der Waals surface area contributed by atoms with Gasteiger partial charge in [-0.3, -0.25) is 14.9 Å². The highest BCUT2D eigenvalue weighted by molar-refractivity contribution is 7.14. The molecule has 1 aliphatic heterocycles. The number of hydrogen-bond donors (Lipinski definition) is 1. The third kappa shape index (κ3) is 6.83. The Morgan fingerprint density at radius 1 is 0.841 bits per heavy atom. The maximum absolute atomic E-state index is 14.3. The van der Waals surface area contributed by atoms with Crippen LogP contribution in [0.4, 0.5) is 9.93 Å². The molecule has 0 saturated carbocycles. The van der Waals surface area contributed by atoms with Crippen molar-refractivity contribution in [1.29, 1.82) is 0 Å². The third-order valence-electron chi connectivity index (χ3n) is 8.36. The van der Waals surface area contributed by atoms with Crippen LogP contribution in [0.2, 0.25) is 0 Å². The van der Waals surface area contributed by atoms with E-state index in [1.54, 1.807) is 11.8 Å². The summed E-state index contributed by atoms with van der Waals surface area (Å²) in [7, 11) is 0. The molecule has 1 aromatic heterocycles. The number of thiazole rings is 1. The van der Waals surface area contributed by atoms with Crippen LogP contribution in [0.15, 0.2) is 96.4 Å². The van der Waals surface area contributed by atoms with Gasteiger partial charge < -0.3 is 14.7 Å². The van der Waals surface area contributed by atoms with Gasteiger partial charge in [-0.2, -0.15) is 0 Å². The number of hydrogen-bond acceptors (Lipinski definition) is 5. The van der Waals surface area contributed by atoms with Crippen molar-refractivity contribution in [3.63, 3.8) is 0 Å². The van der Waals surface area contributed by atoms with Crippen molar-refractivity contribution in [3.8, 4) is 11.3 Å². The van der Waals surface area contributed by atoms with Crippen LogP contribution in [0.5, 0.6) is 0 Å². The Balaban J connectivity index is 1.41. The van der Waals surface area contributed by atoms with E-state index in [0.717, 1.165) is 22.4 Å². The summed E-state index contributed by atoms with van der Waals surface area (Å²) in [5, 5.41) is 5.55. The van der Waals surface area contributed by atoms with E-state index in [1.165, 1.54) is 11.3 Å². The summed E-state index contributed by atoms with van der Waals surface area (Å²) in [6, 6.07) is 29.8. The summed E-state index contributed by atoms with van der Waals surface area (Å²) in [5.74, 6) is 0.0788. The molecule has 0 radical (unpaired) electrons. The second-order valence-electron chi connectivity index (χ2n) is 10.9. The average Bonchev–Trinajstić information content (AvgIpc) is 3.54. The number of nitrogens with one attached hydrogen (secondary N) is 1. The fourth-order valence-corrected chi connectivity index (χ4v) is 6.73. The zero-order valence-corrected chi connectivity index (χ0v) is 26.1. The quantitative estimate of drug-likeness (QED) is 0.223. The van der Waals surface area contributed by atoms with Crippen molar-refractivity contribution in [2.24, 2.45) is 0 Å². The van der Waals surface area contributed by atoms with Gasteiger partial charge in [0.2, 0.25) is 11.8 Å². The van der Waals surface area contributed by atoms with E-state index in [4.69, 9.17) is 4.98 Å². The average molecular weight is 610 g/mol. The van der Waals surface area contributed by atoms with E-state index in [-0.39, 0.29) is 17.8 Å². The zero-order valence-electron chi connectivity index (χ0n) is 25.3. The predicted octanol–water partition coefficient (Wildman–Crippen LogP) is 6.47. The molecule has 0 unspecified atom stereocenters. The van der Waals surface area contributed by atoms with Gasteiger partial charge in [0, 0.05) is 57.0 Å². The minimum Gasteiger partial charge on any atom is -0.339 e. The standard InChI is InChI=1S/C35H39N5O3S/c1-3-35(29-16-9-5-10-17-29,30-18-11-6-12-19-30)40(21-13-20-32(42)39-24-22-38(23-25-39)27(2)41)34(43)37-33-36-31(26-44-33)28-14-7-4-8-15-28/h4-12,14-19,26H,3,13,20-25H2,1-2H3,(H,36,37,43). The number of nitrogens with zero attached hydrogens (tertiary/aromatic N) is 4.